The van der Waals surface area contributed by atoms with Crippen LogP contribution in [0.4, 0.5) is 0 Å². The van der Waals surface area contributed by atoms with Crippen molar-refractivity contribution in [3.8, 4) is 0 Å². The summed E-state index contributed by atoms with van der Waals surface area (Å²) in [6, 6.07) is 18.6. The highest BCUT2D eigenvalue weighted by Gasteiger charge is 2.20. The molecule has 0 fully saturated rings. The second kappa shape index (κ2) is 7.18. The van der Waals surface area contributed by atoms with Crippen LogP contribution in [0.25, 0.3) is 0 Å². The Bertz CT molecular complexity index is 803. The van der Waals surface area contributed by atoms with E-state index in [1.165, 1.54) is 0 Å². The minimum absolute atomic E-state index is 0.223. The highest BCUT2D eigenvalue weighted by atomic mass is 35.5. The monoisotopic (exact) mass is 361 g/mol. The second-order valence-corrected chi connectivity index (χ2v) is 6.70. The molecule has 3 aromatic rings. The van der Waals surface area contributed by atoms with E-state index in [2.05, 4.69) is 5.32 Å². The molecule has 0 unspecified atom stereocenters. The molecule has 23 heavy (non-hydrogen) atoms. The highest BCUT2D eigenvalue weighted by Crippen LogP contribution is 2.29. The quantitative estimate of drug-likeness (QED) is 0.646. The van der Waals surface area contributed by atoms with Gasteiger partial charge in [-0.1, -0.05) is 65.7 Å². The maximum Gasteiger partial charge on any atom is 0.253 e. The molecule has 0 spiro atoms. The fourth-order valence-corrected chi connectivity index (χ4v) is 3.50. The molecule has 0 aliphatic rings. The fourth-order valence-electron chi connectivity index (χ4n) is 2.31. The fraction of sp³-hybridized carbons (Fsp3) is 0.0556. The molecule has 1 N–H and O–H groups in total. The van der Waals surface area contributed by atoms with Crippen LogP contribution in [0, 0.1) is 0 Å². The summed E-state index contributed by atoms with van der Waals surface area (Å²) in [5.41, 5.74) is 1.39. The van der Waals surface area contributed by atoms with Crippen molar-refractivity contribution in [2.75, 3.05) is 0 Å². The largest absolute Gasteiger partial charge is 0.340 e. The first kappa shape index (κ1) is 16.1. The third kappa shape index (κ3) is 3.58. The predicted molar refractivity (Wildman–Crippen MR) is 96.5 cm³/mol. The molecule has 1 heterocycles. The lowest BCUT2D eigenvalue weighted by molar-refractivity contribution is 0.0943. The van der Waals surface area contributed by atoms with Crippen LogP contribution < -0.4 is 5.32 Å². The molecular weight excluding hydrogens is 349 g/mol. The van der Waals surface area contributed by atoms with E-state index < -0.39 is 0 Å². The van der Waals surface area contributed by atoms with Crippen LogP contribution in [-0.4, -0.2) is 5.91 Å². The van der Waals surface area contributed by atoms with Gasteiger partial charge in [-0.2, -0.15) is 0 Å². The van der Waals surface area contributed by atoms with Gasteiger partial charge in [0.1, 0.15) is 0 Å². The Labute approximate surface area is 148 Å². The summed E-state index contributed by atoms with van der Waals surface area (Å²) in [4.78, 5) is 13.7. The minimum Gasteiger partial charge on any atom is -0.340 e. The minimum atomic E-state index is -0.250. The van der Waals surface area contributed by atoms with Gasteiger partial charge in [-0.15, -0.1) is 11.3 Å². The number of rotatable bonds is 4. The van der Waals surface area contributed by atoms with E-state index in [1.54, 1.807) is 29.5 Å². The number of amides is 1. The van der Waals surface area contributed by atoms with Crippen molar-refractivity contribution >= 4 is 40.4 Å². The Morgan fingerprint density at radius 2 is 1.74 bits per heavy atom. The van der Waals surface area contributed by atoms with Gasteiger partial charge in [-0.05, 0) is 29.1 Å². The van der Waals surface area contributed by atoms with E-state index in [9.17, 15) is 4.79 Å². The lowest BCUT2D eigenvalue weighted by atomic mass is 10.0. The normalized spacial score (nSPS) is 11.9. The van der Waals surface area contributed by atoms with Crippen LogP contribution >= 0.6 is 34.5 Å². The molecule has 3 rings (SSSR count). The van der Waals surface area contributed by atoms with Gasteiger partial charge >= 0.3 is 0 Å². The van der Waals surface area contributed by atoms with Gasteiger partial charge < -0.3 is 5.32 Å². The zero-order chi connectivity index (χ0) is 16.2. The molecule has 0 radical (unpaired) electrons. The van der Waals surface area contributed by atoms with Crippen LogP contribution in [-0.2, 0) is 0 Å². The topological polar surface area (TPSA) is 29.1 Å². The van der Waals surface area contributed by atoms with Crippen molar-refractivity contribution in [2.24, 2.45) is 0 Å². The maximum atomic E-state index is 12.6. The Balaban J connectivity index is 1.93. The number of carbonyl (C=O) groups excluding carboxylic acids is 1. The van der Waals surface area contributed by atoms with Crippen molar-refractivity contribution < 1.29 is 4.79 Å². The molecule has 0 aliphatic carbocycles. The van der Waals surface area contributed by atoms with E-state index >= 15 is 0 Å². The molecule has 1 aromatic heterocycles. The van der Waals surface area contributed by atoms with E-state index in [0.717, 1.165) is 10.4 Å². The van der Waals surface area contributed by atoms with Gasteiger partial charge in [-0.25, -0.2) is 0 Å². The van der Waals surface area contributed by atoms with E-state index in [1.807, 2.05) is 47.8 Å². The molecule has 1 atom stereocenters. The maximum absolute atomic E-state index is 12.6. The number of halogens is 2. The van der Waals surface area contributed by atoms with Crippen LogP contribution in [0.3, 0.4) is 0 Å². The summed E-state index contributed by atoms with van der Waals surface area (Å²) in [5.74, 6) is -0.250. The first-order valence-corrected chi connectivity index (χ1v) is 8.63. The number of thiophene rings is 1. The Hall–Kier alpha value is -1.81. The molecule has 0 bridgehead atoms. The van der Waals surface area contributed by atoms with E-state index in [0.29, 0.717) is 10.6 Å². The van der Waals surface area contributed by atoms with Crippen molar-refractivity contribution in [1.82, 2.24) is 5.32 Å². The van der Waals surface area contributed by atoms with Crippen LogP contribution in [0.2, 0.25) is 10.0 Å². The Morgan fingerprint density at radius 1 is 0.957 bits per heavy atom. The van der Waals surface area contributed by atoms with Gasteiger partial charge in [0.05, 0.1) is 21.7 Å². The SMILES string of the molecule is O=C(N[C@H](c1ccccc1)c1cccs1)c1cccc(Cl)c1Cl. The zero-order valence-electron chi connectivity index (χ0n) is 12.0. The summed E-state index contributed by atoms with van der Waals surface area (Å²) in [6.07, 6.45) is 0. The molecule has 2 nitrogen and oxygen atoms in total. The van der Waals surface area contributed by atoms with Gasteiger partial charge in [0.15, 0.2) is 0 Å². The summed E-state index contributed by atoms with van der Waals surface area (Å²) in [5, 5.41) is 5.67. The van der Waals surface area contributed by atoms with E-state index in [-0.39, 0.29) is 17.0 Å². The average Bonchev–Trinajstić information content (AvgIpc) is 3.10. The summed E-state index contributed by atoms with van der Waals surface area (Å²) >= 11 is 13.8. The number of nitrogens with one attached hydrogen (secondary N) is 1. The van der Waals surface area contributed by atoms with Crippen molar-refractivity contribution in [3.63, 3.8) is 0 Å². The Kier molecular flexibility index (Phi) is 5.01. The van der Waals surface area contributed by atoms with Gasteiger partial charge in [0.25, 0.3) is 5.91 Å². The third-order valence-corrected chi connectivity index (χ3v) is 5.19. The number of benzene rings is 2. The molecular formula is C18H13Cl2NOS. The summed E-state index contributed by atoms with van der Waals surface area (Å²) in [7, 11) is 0. The first-order chi connectivity index (χ1) is 11.2. The van der Waals surface area contributed by atoms with Crippen molar-refractivity contribution in [1.29, 1.82) is 0 Å². The molecule has 0 saturated carbocycles. The smallest absolute Gasteiger partial charge is 0.253 e. The molecule has 2 aromatic carbocycles. The van der Waals surface area contributed by atoms with Crippen LogP contribution in [0.15, 0.2) is 66.0 Å². The molecule has 0 saturated heterocycles. The third-order valence-electron chi connectivity index (χ3n) is 3.43. The lowest BCUT2D eigenvalue weighted by Crippen LogP contribution is -2.29. The number of hydrogen-bond donors (Lipinski definition) is 1. The zero-order valence-corrected chi connectivity index (χ0v) is 14.3. The molecule has 0 aliphatic heterocycles. The predicted octanol–water partition coefficient (Wildman–Crippen LogP) is 5.57. The number of hydrogen-bond acceptors (Lipinski definition) is 2. The molecule has 1 amide bonds. The van der Waals surface area contributed by atoms with Crippen molar-refractivity contribution in [3.05, 3.63) is 92.1 Å². The van der Waals surface area contributed by atoms with Gasteiger partial charge in [-0.3, -0.25) is 4.79 Å². The highest BCUT2D eigenvalue weighted by molar-refractivity contribution is 7.10. The second-order valence-electron chi connectivity index (χ2n) is 4.93. The van der Waals surface area contributed by atoms with Crippen molar-refractivity contribution in [2.45, 2.75) is 6.04 Å². The first-order valence-electron chi connectivity index (χ1n) is 7.00. The number of carbonyl (C=O) groups is 1. The average molecular weight is 362 g/mol. The Morgan fingerprint density at radius 3 is 2.43 bits per heavy atom. The molecule has 116 valence electrons. The summed E-state index contributed by atoms with van der Waals surface area (Å²) in [6.45, 7) is 0. The molecule has 5 heteroatoms. The lowest BCUT2D eigenvalue weighted by Gasteiger charge is -2.18. The summed E-state index contributed by atoms with van der Waals surface area (Å²) < 4.78 is 0. The van der Waals surface area contributed by atoms with Crippen LogP contribution in [0.5, 0.6) is 0 Å². The van der Waals surface area contributed by atoms with Gasteiger partial charge in [0.2, 0.25) is 0 Å². The van der Waals surface area contributed by atoms with Gasteiger partial charge in [0, 0.05) is 4.88 Å². The van der Waals surface area contributed by atoms with E-state index in [4.69, 9.17) is 23.2 Å². The van der Waals surface area contributed by atoms with Crippen LogP contribution in [0.1, 0.15) is 26.8 Å². The standard InChI is InChI=1S/C18H13Cl2NOS/c19-14-9-4-8-13(16(14)20)18(22)21-17(15-10-5-11-23-15)12-6-2-1-3-7-12/h1-11,17H,(H,21,22)/t17-/m1/s1.